The number of carbonyl (C=O) groups is 4. The van der Waals surface area contributed by atoms with E-state index in [1.807, 2.05) is 0 Å². The van der Waals surface area contributed by atoms with E-state index in [1.54, 1.807) is 24.3 Å². The molecule has 0 aromatic heterocycles. The molecular formula is C33H47N7O7. The van der Waals surface area contributed by atoms with Gasteiger partial charge in [-0.2, -0.15) is 0 Å². The molecule has 7 atom stereocenters. The third-order valence-electron chi connectivity index (χ3n) is 9.00. The number of phenols is 2. The Balaban J connectivity index is 1.68. The predicted molar refractivity (Wildman–Crippen MR) is 175 cm³/mol. The molecule has 14 heteroatoms. The number of aromatic hydroxyl groups is 2. The van der Waals surface area contributed by atoms with Crippen LogP contribution in [0.15, 0.2) is 36.4 Å². The van der Waals surface area contributed by atoms with Gasteiger partial charge < -0.3 is 54.2 Å². The van der Waals surface area contributed by atoms with Gasteiger partial charge in [-0.05, 0) is 91.2 Å². The number of amides is 3. The van der Waals surface area contributed by atoms with Crippen molar-refractivity contribution in [3.63, 3.8) is 0 Å². The van der Waals surface area contributed by atoms with Crippen LogP contribution in [-0.2, 0) is 32.0 Å². The Kier molecular flexibility index (Phi) is 12.3. The maximum absolute atomic E-state index is 14.1. The molecule has 1 heterocycles. The molecule has 1 aliphatic carbocycles. The van der Waals surface area contributed by atoms with Gasteiger partial charge in [0.05, 0.1) is 18.2 Å². The van der Waals surface area contributed by atoms with Crippen molar-refractivity contribution in [2.24, 2.45) is 40.7 Å². The summed E-state index contributed by atoms with van der Waals surface area (Å²) in [4.78, 5) is 54.0. The number of nitrogens with one attached hydrogen (secondary N) is 3. The summed E-state index contributed by atoms with van der Waals surface area (Å²) in [6, 6.07) is 6.54. The normalized spacial score (nSPS) is 24.1. The van der Waals surface area contributed by atoms with Gasteiger partial charge in [0.15, 0.2) is 5.78 Å². The van der Waals surface area contributed by atoms with Crippen molar-refractivity contribution in [2.75, 3.05) is 26.2 Å². The second-order valence-corrected chi connectivity index (χ2v) is 12.5. The number of benzene rings is 2. The quantitative estimate of drug-likeness (QED) is 0.126. The first-order valence-electron chi connectivity index (χ1n) is 16.1. The van der Waals surface area contributed by atoms with Crippen LogP contribution in [-0.4, -0.2) is 89.2 Å². The molecular weight excluding hydrogens is 606 g/mol. The highest BCUT2D eigenvalue weighted by molar-refractivity contribution is 5.96. The lowest BCUT2D eigenvalue weighted by Gasteiger charge is -2.25. The average Bonchev–Trinajstić information content (AvgIpc) is 3.85. The Morgan fingerprint density at radius 1 is 0.915 bits per heavy atom. The van der Waals surface area contributed by atoms with E-state index in [4.69, 9.17) is 22.9 Å². The Morgan fingerprint density at radius 3 is 2.15 bits per heavy atom. The summed E-state index contributed by atoms with van der Waals surface area (Å²) in [5, 5.41) is 39.3. The molecule has 14 nitrogen and oxygen atoms in total. The van der Waals surface area contributed by atoms with E-state index >= 15 is 0 Å². The summed E-state index contributed by atoms with van der Waals surface area (Å²) >= 11 is 0. The molecule has 0 spiro atoms. The van der Waals surface area contributed by atoms with Crippen LogP contribution in [0.25, 0.3) is 11.1 Å². The van der Waals surface area contributed by atoms with Crippen molar-refractivity contribution < 1.29 is 34.5 Å². The van der Waals surface area contributed by atoms with Gasteiger partial charge in [0.2, 0.25) is 17.7 Å². The number of phenolic OH excluding ortho intramolecular Hbond substituents is 2. The number of hydrogen-bond donors (Lipinski definition) is 10. The molecule has 14 N–H and O–H groups in total. The van der Waals surface area contributed by atoms with Crippen molar-refractivity contribution in [3.05, 3.63) is 47.5 Å². The van der Waals surface area contributed by atoms with Crippen LogP contribution in [0.5, 0.6) is 11.5 Å². The minimum Gasteiger partial charge on any atom is -0.508 e. The minimum absolute atomic E-state index is 0.00538. The molecule has 2 aromatic rings. The molecule has 4 rings (SSSR count). The van der Waals surface area contributed by atoms with E-state index in [-0.39, 0.29) is 74.5 Å². The minimum atomic E-state index is -1.11. The van der Waals surface area contributed by atoms with E-state index in [2.05, 4.69) is 16.0 Å². The molecule has 1 aliphatic heterocycles. The molecule has 1 fully saturated rings. The monoisotopic (exact) mass is 653 g/mol. The summed E-state index contributed by atoms with van der Waals surface area (Å²) in [6.45, 7) is 0.415. The fourth-order valence-corrected chi connectivity index (χ4v) is 6.17. The first kappa shape index (κ1) is 35.8. The van der Waals surface area contributed by atoms with Gasteiger partial charge in [0, 0.05) is 37.8 Å². The highest BCUT2D eigenvalue weighted by Crippen LogP contribution is 2.47. The highest BCUT2D eigenvalue weighted by Gasteiger charge is 2.51. The maximum atomic E-state index is 14.1. The number of carbonyl (C=O) groups excluding carboxylic acids is 4. The standard InChI is InChI=1S/C33H47N7O7/c34-8-1-2-26-33(47)40-27(30(44)24-14-23(24)22(7-9-35)31(45)38-16-21(41)15-36)13-20-11-18(4-6-29(20)43)17-3-5-28(42)19(10-17)12-25(37)32(46)39-26/h3-6,10-11,21-27,41-43H,1-2,7-9,12-16,34-37H2,(H,38,45)(H,39,46)(H,40,47)/t21?,22-,23?,24?,25+,26+,27+/m1/s1. The Bertz CT molecular complexity index is 1450. The lowest BCUT2D eigenvalue weighted by atomic mass is 9.91. The van der Waals surface area contributed by atoms with E-state index in [9.17, 15) is 34.5 Å². The van der Waals surface area contributed by atoms with Crippen LogP contribution in [0.4, 0.5) is 0 Å². The van der Waals surface area contributed by atoms with E-state index in [0.29, 0.717) is 41.5 Å². The number of aliphatic hydroxyl groups excluding tert-OH is 1. The number of aliphatic hydroxyl groups is 1. The van der Waals surface area contributed by atoms with E-state index in [0.717, 1.165) is 0 Å². The first-order chi connectivity index (χ1) is 22.5. The lowest BCUT2D eigenvalue weighted by Crippen LogP contribution is -2.55. The van der Waals surface area contributed by atoms with Gasteiger partial charge in [-0.25, -0.2) is 0 Å². The third kappa shape index (κ3) is 9.05. The molecule has 2 aromatic carbocycles. The molecule has 4 bridgehead atoms. The van der Waals surface area contributed by atoms with Gasteiger partial charge in [0.1, 0.15) is 17.5 Å². The predicted octanol–water partition coefficient (Wildman–Crippen LogP) is -1.49. The largest absolute Gasteiger partial charge is 0.508 e. The number of nitrogens with two attached hydrogens (primary N) is 4. The molecule has 3 unspecified atom stereocenters. The van der Waals surface area contributed by atoms with Crippen LogP contribution in [0.3, 0.4) is 0 Å². The second kappa shape index (κ2) is 16.2. The van der Waals surface area contributed by atoms with Crippen LogP contribution in [0.2, 0.25) is 0 Å². The summed E-state index contributed by atoms with van der Waals surface area (Å²) in [5.41, 5.74) is 25.4. The molecule has 3 amide bonds. The summed E-state index contributed by atoms with van der Waals surface area (Å²) < 4.78 is 0. The second-order valence-electron chi connectivity index (χ2n) is 12.5. The zero-order chi connectivity index (χ0) is 34.2. The van der Waals surface area contributed by atoms with Crippen molar-refractivity contribution in [3.8, 4) is 22.6 Å². The van der Waals surface area contributed by atoms with Gasteiger partial charge in [0.25, 0.3) is 0 Å². The van der Waals surface area contributed by atoms with Gasteiger partial charge in [-0.1, -0.05) is 12.1 Å². The fraction of sp³-hybridized carbons (Fsp3) is 0.515. The number of ketones is 1. The summed E-state index contributed by atoms with van der Waals surface area (Å²) in [7, 11) is 0. The average molecular weight is 654 g/mol. The highest BCUT2D eigenvalue weighted by atomic mass is 16.3. The molecule has 1 saturated carbocycles. The fourth-order valence-electron chi connectivity index (χ4n) is 6.17. The number of rotatable bonds is 12. The van der Waals surface area contributed by atoms with Crippen LogP contribution >= 0.6 is 0 Å². The third-order valence-corrected chi connectivity index (χ3v) is 9.00. The van der Waals surface area contributed by atoms with Crippen molar-refractivity contribution in [1.82, 2.24) is 16.0 Å². The Labute approximate surface area is 273 Å². The maximum Gasteiger partial charge on any atom is 0.243 e. The molecule has 0 radical (unpaired) electrons. The lowest BCUT2D eigenvalue weighted by molar-refractivity contribution is -0.132. The Hall–Kier alpha value is -4.08. The van der Waals surface area contributed by atoms with Crippen molar-refractivity contribution in [1.29, 1.82) is 0 Å². The van der Waals surface area contributed by atoms with Crippen LogP contribution < -0.4 is 38.9 Å². The molecule has 2 aliphatic rings. The number of Topliss-reactive ketones (excluding diaryl/α,β-unsaturated/α-hetero) is 1. The summed E-state index contributed by atoms with van der Waals surface area (Å²) in [6.07, 6.45) is 0.325. The molecule has 47 heavy (non-hydrogen) atoms. The number of fused-ring (bicyclic) bond motifs is 5. The summed E-state index contributed by atoms with van der Waals surface area (Å²) in [5.74, 6) is -3.50. The van der Waals surface area contributed by atoms with Crippen LogP contribution in [0.1, 0.15) is 36.8 Å². The molecule has 0 saturated heterocycles. The zero-order valence-electron chi connectivity index (χ0n) is 26.4. The van der Waals surface area contributed by atoms with Gasteiger partial charge >= 0.3 is 0 Å². The molecule has 256 valence electrons. The van der Waals surface area contributed by atoms with Crippen molar-refractivity contribution >= 4 is 23.5 Å². The van der Waals surface area contributed by atoms with Crippen LogP contribution in [0, 0.1) is 17.8 Å². The zero-order valence-corrected chi connectivity index (χ0v) is 26.4. The number of hydrogen-bond acceptors (Lipinski definition) is 11. The Morgan fingerprint density at radius 2 is 1.55 bits per heavy atom. The van der Waals surface area contributed by atoms with Gasteiger partial charge in [-0.15, -0.1) is 0 Å². The smallest absolute Gasteiger partial charge is 0.243 e. The topological polar surface area (TPSA) is 269 Å². The first-order valence-corrected chi connectivity index (χ1v) is 16.1. The van der Waals surface area contributed by atoms with Crippen molar-refractivity contribution in [2.45, 2.75) is 62.8 Å². The SMILES string of the molecule is NCCC[C@@H]1NC(=O)[C@@H](N)Cc2cc(ccc2O)-c2ccc(O)c(c2)C[C@@H](C(=O)C2CC2[C@@H](CCN)C(=O)NCC(O)CN)NC1=O. The van der Waals surface area contributed by atoms with E-state index < -0.39 is 47.9 Å². The van der Waals surface area contributed by atoms with E-state index in [1.165, 1.54) is 12.1 Å². The van der Waals surface area contributed by atoms with Gasteiger partial charge in [-0.3, -0.25) is 19.2 Å².